The number of nitrogens with one attached hydrogen (secondary N) is 1. The van der Waals surface area contributed by atoms with E-state index in [0.717, 1.165) is 32.2 Å². The molecular weight excluding hydrogens is 388 g/mol. The predicted octanol–water partition coefficient (Wildman–Crippen LogP) is 3.66. The lowest BCUT2D eigenvalue weighted by atomic mass is 9.64. The highest BCUT2D eigenvalue weighted by atomic mass is 16.2. The van der Waals surface area contributed by atoms with Gasteiger partial charge in [-0.2, -0.15) is 0 Å². The number of hydrogen-bond acceptors (Lipinski definition) is 4. The van der Waals surface area contributed by atoms with Crippen LogP contribution in [0, 0.1) is 5.41 Å². The summed E-state index contributed by atoms with van der Waals surface area (Å²) in [4.78, 5) is 33.4. The van der Waals surface area contributed by atoms with Crippen LogP contribution in [-0.4, -0.2) is 53.8 Å². The molecule has 0 radical (unpaired) electrons. The molecule has 1 aliphatic heterocycles. The lowest BCUT2D eigenvalue weighted by molar-refractivity contribution is -0.128. The molecule has 1 aromatic carbocycles. The first kappa shape index (κ1) is 21.5. The fourth-order valence-corrected chi connectivity index (χ4v) is 5.34. The molecule has 1 N–H and O–H groups in total. The maximum atomic E-state index is 12.8. The standard InChI is InChI=1S/C25H32N4O2/c1-28(2)25(20-8-4-3-5-9-20)14-12-24(13-15-25)18-23(31)29(19-24)17-11-22(30)27-21-10-6-7-16-26-21/h3-10,16H,11-15,17-19H2,1-2H3,(H,26,27,30)/t24-,25-. The van der Waals surface area contributed by atoms with Crippen molar-refractivity contribution in [3.05, 3.63) is 60.3 Å². The second kappa shape index (κ2) is 8.79. The van der Waals surface area contributed by atoms with Crippen molar-refractivity contribution >= 4 is 17.6 Å². The third-order valence-corrected chi connectivity index (χ3v) is 7.25. The minimum Gasteiger partial charge on any atom is -0.342 e. The second-order valence-corrected chi connectivity index (χ2v) is 9.30. The number of carbonyl (C=O) groups excluding carboxylic acids is 2. The Balaban J connectivity index is 1.35. The second-order valence-electron chi connectivity index (χ2n) is 9.30. The van der Waals surface area contributed by atoms with Gasteiger partial charge >= 0.3 is 0 Å². The van der Waals surface area contributed by atoms with E-state index in [-0.39, 0.29) is 22.8 Å². The third-order valence-electron chi connectivity index (χ3n) is 7.25. The molecule has 2 heterocycles. The highest BCUT2D eigenvalue weighted by molar-refractivity contribution is 5.90. The summed E-state index contributed by atoms with van der Waals surface area (Å²) >= 11 is 0. The van der Waals surface area contributed by atoms with Gasteiger partial charge in [-0.15, -0.1) is 0 Å². The highest BCUT2D eigenvalue weighted by Gasteiger charge is 2.50. The summed E-state index contributed by atoms with van der Waals surface area (Å²) in [6.07, 6.45) is 6.70. The van der Waals surface area contributed by atoms with Crippen LogP contribution in [-0.2, 0) is 15.1 Å². The fourth-order valence-electron chi connectivity index (χ4n) is 5.34. The average molecular weight is 421 g/mol. The molecule has 2 aliphatic rings. The zero-order valence-corrected chi connectivity index (χ0v) is 18.5. The Labute approximate surface area is 184 Å². The Hall–Kier alpha value is -2.73. The number of nitrogens with zero attached hydrogens (tertiary/aromatic N) is 3. The van der Waals surface area contributed by atoms with Crippen molar-refractivity contribution < 1.29 is 9.59 Å². The van der Waals surface area contributed by atoms with Crippen LogP contribution in [0.3, 0.4) is 0 Å². The number of hydrogen-bond donors (Lipinski definition) is 1. The molecule has 31 heavy (non-hydrogen) atoms. The van der Waals surface area contributed by atoms with Crippen molar-refractivity contribution in [2.75, 3.05) is 32.5 Å². The summed E-state index contributed by atoms with van der Waals surface area (Å²) in [6, 6.07) is 16.2. The number of benzene rings is 1. The third kappa shape index (κ3) is 4.49. The molecule has 0 unspecified atom stereocenters. The summed E-state index contributed by atoms with van der Waals surface area (Å²) in [5, 5.41) is 2.80. The molecule has 1 saturated carbocycles. The molecule has 6 heteroatoms. The van der Waals surface area contributed by atoms with E-state index in [1.807, 2.05) is 17.0 Å². The largest absolute Gasteiger partial charge is 0.342 e. The predicted molar refractivity (Wildman–Crippen MR) is 121 cm³/mol. The van der Waals surface area contributed by atoms with Crippen LogP contribution in [0.15, 0.2) is 54.7 Å². The van der Waals surface area contributed by atoms with Gasteiger partial charge in [-0.1, -0.05) is 36.4 Å². The first-order valence-electron chi connectivity index (χ1n) is 11.1. The van der Waals surface area contributed by atoms with Gasteiger partial charge in [0.1, 0.15) is 5.82 Å². The smallest absolute Gasteiger partial charge is 0.227 e. The molecule has 1 aliphatic carbocycles. The van der Waals surface area contributed by atoms with Crippen molar-refractivity contribution in [2.45, 2.75) is 44.1 Å². The van der Waals surface area contributed by atoms with Gasteiger partial charge in [0.2, 0.25) is 11.8 Å². The molecule has 0 atom stereocenters. The number of anilines is 1. The molecule has 2 amide bonds. The quantitative estimate of drug-likeness (QED) is 0.775. The normalized spacial score (nSPS) is 25.9. The van der Waals surface area contributed by atoms with Gasteiger partial charge in [0.15, 0.2) is 0 Å². The highest BCUT2D eigenvalue weighted by Crippen LogP contribution is 2.52. The Morgan fingerprint density at radius 3 is 2.42 bits per heavy atom. The molecule has 4 rings (SSSR count). The van der Waals surface area contributed by atoms with Gasteiger partial charge in [0, 0.05) is 37.7 Å². The zero-order valence-electron chi connectivity index (χ0n) is 18.5. The molecule has 1 spiro atoms. The Morgan fingerprint density at radius 2 is 1.77 bits per heavy atom. The summed E-state index contributed by atoms with van der Waals surface area (Å²) in [6.45, 7) is 1.23. The van der Waals surface area contributed by atoms with Crippen LogP contribution in [0.2, 0.25) is 0 Å². The number of pyridine rings is 1. The number of carbonyl (C=O) groups is 2. The van der Waals surface area contributed by atoms with Crippen LogP contribution in [0.25, 0.3) is 0 Å². The lowest BCUT2D eigenvalue weighted by Gasteiger charge is -2.48. The van der Waals surface area contributed by atoms with Gasteiger partial charge in [-0.25, -0.2) is 4.98 Å². The summed E-state index contributed by atoms with van der Waals surface area (Å²) in [5.41, 5.74) is 1.44. The van der Waals surface area contributed by atoms with Gasteiger partial charge in [0.05, 0.1) is 0 Å². The Bertz CT molecular complexity index is 906. The lowest BCUT2D eigenvalue weighted by Crippen LogP contribution is -2.47. The molecule has 2 aromatic rings. The average Bonchev–Trinajstić information content (AvgIpc) is 3.09. The van der Waals surface area contributed by atoms with Crippen LogP contribution < -0.4 is 5.32 Å². The minimum atomic E-state index is -0.105. The summed E-state index contributed by atoms with van der Waals surface area (Å²) in [5.74, 6) is 0.624. The van der Waals surface area contributed by atoms with Crippen LogP contribution >= 0.6 is 0 Å². The van der Waals surface area contributed by atoms with E-state index in [1.165, 1.54) is 5.56 Å². The fraction of sp³-hybridized carbons (Fsp3) is 0.480. The number of likely N-dealkylation sites (tertiary alicyclic amines) is 1. The zero-order chi connectivity index (χ0) is 21.9. The van der Waals surface area contributed by atoms with Gasteiger partial charge in [0.25, 0.3) is 0 Å². The van der Waals surface area contributed by atoms with Crippen molar-refractivity contribution in [3.8, 4) is 0 Å². The van der Waals surface area contributed by atoms with Crippen molar-refractivity contribution in [1.29, 1.82) is 0 Å². The van der Waals surface area contributed by atoms with Gasteiger partial charge < -0.3 is 10.2 Å². The van der Waals surface area contributed by atoms with E-state index < -0.39 is 0 Å². The van der Waals surface area contributed by atoms with Crippen molar-refractivity contribution in [2.24, 2.45) is 5.41 Å². The Morgan fingerprint density at radius 1 is 1.06 bits per heavy atom. The van der Waals surface area contributed by atoms with Crippen LogP contribution in [0.5, 0.6) is 0 Å². The molecule has 0 bridgehead atoms. The first-order valence-corrected chi connectivity index (χ1v) is 11.1. The van der Waals surface area contributed by atoms with Gasteiger partial charge in [-0.05, 0) is 62.9 Å². The maximum absolute atomic E-state index is 12.8. The van der Waals surface area contributed by atoms with Crippen LogP contribution in [0.4, 0.5) is 5.82 Å². The summed E-state index contributed by atoms with van der Waals surface area (Å²) < 4.78 is 0. The van der Waals surface area contributed by atoms with Gasteiger partial charge in [-0.3, -0.25) is 14.5 Å². The molecule has 1 saturated heterocycles. The molecule has 2 fully saturated rings. The molecule has 1 aromatic heterocycles. The van der Waals surface area contributed by atoms with E-state index in [0.29, 0.717) is 25.2 Å². The van der Waals surface area contributed by atoms with Crippen molar-refractivity contribution in [1.82, 2.24) is 14.8 Å². The monoisotopic (exact) mass is 420 g/mol. The maximum Gasteiger partial charge on any atom is 0.227 e. The summed E-state index contributed by atoms with van der Waals surface area (Å²) in [7, 11) is 4.33. The van der Waals surface area contributed by atoms with E-state index in [4.69, 9.17) is 0 Å². The first-order chi connectivity index (χ1) is 14.9. The number of aromatic nitrogens is 1. The minimum absolute atomic E-state index is 0.0333. The van der Waals surface area contributed by atoms with Crippen molar-refractivity contribution in [3.63, 3.8) is 0 Å². The van der Waals surface area contributed by atoms with E-state index in [1.54, 1.807) is 12.3 Å². The van der Waals surface area contributed by atoms with E-state index in [2.05, 4.69) is 59.6 Å². The number of amides is 2. The van der Waals surface area contributed by atoms with E-state index >= 15 is 0 Å². The molecule has 6 nitrogen and oxygen atoms in total. The van der Waals surface area contributed by atoms with E-state index in [9.17, 15) is 9.59 Å². The molecule has 164 valence electrons. The number of rotatable bonds is 6. The van der Waals surface area contributed by atoms with Crippen LogP contribution in [0.1, 0.15) is 44.1 Å². The topological polar surface area (TPSA) is 65.5 Å². The Kier molecular flexibility index (Phi) is 6.10. The SMILES string of the molecule is CN(C)[C@]1(c2ccccc2)CC[C@@]2(CC1)CC(=O)N(CCC(=O)Nc1ccccn1)C2. The molecular formula is C25H32N4O2.